The number of nitrogens with one attached hydrogen (secondary N) is 1. The quantitative estimate of drug-likeness (QED) is 0.488. The van der Waals surface area contributed by atoms with E-state index in [0.29, 0.717) is 36.5 Å². The second kappa shape index (κ2) is 8.59. The first-order valence-corrected chi connectivity index (χ1v) is 10.7. The third-order valence-corrected chi connectivity index (χ3v) is 5.89. The number of nitrogens with zero attached hydrogens (tertiary/aromatic N) is 4. The first kappa shape index (κ1) is 21.0. The zero-order valence-corrected chi connectivity index (χ0v) is 18.1. The molecule has 0 fully saturated rings. The molecule has 5 rings (SSSR count). The summed E-state index contributed by atoms with van der Waals surface area (Å²) in [7, 11) is 0. The standard InChI is InChI=1S/C24H23FN6O2/c1-14-10-29-23-22(14)21(4-6-28-23)33-20-3-2-15(8-17(20)25)9-18(26)24(32)31-7-5-19-16(12-31)11-27-13-30-19/h2-4,6,8,10-11,13,18H,5,7,9,12,26H2,1H3,(H,28,29)/t18-/m0/s1. The molecule has 0 spiro atoms. The molecule has 1 atom stereocenters. The summed E-state index contributed by atoms with van der Waals surface area (Å²) in [6.07, 6.45) is 7.57. The van der Waals surface area contributed by atoms with E-state index in [4.69, 9.17) is 10.5 Å². The number of aromatic amines is 1. The molecular formula is C24H23FN6O2. The Morgan fingerprint density at radius 3 is 3.03 bits per heavy atom. The van der Waals surface area contributed by atoms with Crippen molar-refractivity contribution in [2.75, 3.05) is 6.54 Å². The van der Waals surface area contributed by atoms with E-state index in [-0.39, 0.29) is 18.1 Å². The number of H-pyrrole nitrogens is 1. The monoisotopic (exact) mass is 446 g/mol. The molecule has 0 saturated heterocycles. The molecule has 3 aromatic heterocycles. The van der Waals surface area contributed by atoms with Gasteiger partial charge in [0.1, 0.15) is 17.7 Å². The number of benzene rings is 1. The number of aromatic nitrogens is 4. The molecule has 9 heteroatoms. The number of hydrogen-bond acceptors (Lipinski definition) is 6. The normalized spacial score (nSPS) is 14.2. The first-order chi connectivity index (χ1) is 16.0. The molecule has 1 aliphatic rings. The van der Waals surface area contributed by atoms with Crippen molar-refractivity contribution in [2.45, 2.75) is 32.4 Å². The Morgan fingerprint density at radius 2 is 2.18 bits per heavy atom. The molecule has 33 heavy (non-hydrogen) atoms. The van der Waals surface area contributed by atoms with Gasteiger partial charge in [0.2, 0.25) is 5.91 Å². The van der Waals surface area contributed by atoms with Crippen molar-refractivity contribution in [1.82, 2.24) is 24.8 Å². The third kappa shape index (κ3) is 4.14. The Labute approximate surface area is 189 Å². The molecule has 4 heterocycles. The van der Waals surface area contributed by atoms with Gasteiger partial charge in [-0.1, -0.05) is 6.07 Å². The van der Waals surface area contributed by atoms with E-state index in [9.17, 15) is 9.18 Å². The number of pyridine rings is 1. The number of halogens is 1. The van der Waals surface area contributed by atoms with Crippen LogP contribution >= 0.6 is 0 Å². The van der Waals surface area contributed by atoms with Gasteiger partial charge >= 0.3 is 0 Å². The largest absolute Gasteiger partial charge is 0.453 e. The summed E-state index contributed by atoms with van der Waals surface area (Å²) in [4.78, 5) is 30.2. The van der Waals surface area contributed by atoms with Crippen LogP contribution in [0.1, 0.15) is 22.4 Å². The van der Waals surface area contributed by atoms with Crippen molar-refractivity contribution >= 4 is 16.9 Å². The minimum Gasteiger partial charge on any atom is -0.453 e. The van der Waals surface area contributed by atoms with E-state index in [1.54, 1.807) is 35.5 Å². The molecular weight excluding hydrogens is 423 g/mol. The topological polar surface area (TPSA) is 110 Å². The Kier molecular flexibility index (Phi) is 5.47. The molecule has 1 aromatic carbocycles. The van der Waals surface area contributed by atoms with Gasteiger partial charge in [-0.25, -0.2) is 19.3 Å². The number of hydrogen-bond donors (Lipinski definition) is 2. The molecule has 0 unspecified atom stereocenters. The predicted octanol–water partition coefficient (Wildman–Crippen LogP) is 3.05. The number of amides is 1. The Balaban J connectivity index is 1.27. The number of carbonyl (C=O) groups excluding carboxylic acids is 1. The van der Waals surface area contributed by atoms with Crippen molar-refractivity contribution < 1.29 is 13.9 Å². The van der Waals surface area contributed by atoms with Gasteiger partial charge in [0.15, 0.2) is 11.6 Å². The molecule has 0 bridgehead atoms. The van der Waals surface area contributed by atoms with Crippen LogP contribution in [0.2, 0.25) is 0 Å². The number of ether oxygens (including phenoxy) is 1. The maximum atomic E-state index is 14.8. The highest BCUT2D eigenvalue weighted by atomic mass is 19.1. The predicted molar refractivity (Wildman–Crippen MR) is 120 cm³/mol. The Morgan fingerprint density at radius 1 is 1.30 bits per heavy atom. The lowest BCUT2D eigenvalue weighted by Gasteiger charge is -2.30. The lowest BCUT2D eigenvalue weighted by Crippen LogP contribution is -2.47. The fourth-order valence-corrected chi connectivity index (χ4v) is 4.17. The van der Waals surface area contributed by atoms with Gasteiger partial charge in [0.05, 0.1) is 17.1 Å². The van der Waals surface area contributed by atoms with Crippen LogP contribution in [-0.2, 0) is 24.2 Å². The highest BCUT2D eigenvalue weighted by Gasteiger charge is 2.26. The molecule has 1 amide bonds. The Bertz CT molecular complexity index is 1340. The maximum absolute atomic E-state index is 14.8. The van der Waals surface area contributed by atoms with E-state index in [0.717, 1.165) is 22.2 Å². The lowest BCUT2D eigenvalue weighted by atomic mass is 10.0. The zero-order valence-electron chi connectivity index (χ0n) is 18.1. The fraction of sp³-hybridized carbons (Fsp3) is 0.250. The summed E-state index contributed by atoms with van der Waals surface area (Å²) in [5.41, 5.74) is 10.3. The fourth-order valence-electron chi connectivity index (χ4n) is 4.17. The van der Waals surface area contributed by atoms with Gasteiger partial charge in [-0.05, 0) is 42.7 Å². The second-order valence-electron chi connectivity index (χ2n) is 8.19. The summed E-state index contributed by atoms with van der Waals surface area (Å²) in [5, 5.41) is 0.808. The molecule has 168 valence electrons. The van der Waals surface area contributed by atoms with Crippen LogP contribution in [-0.4, -0.2) is 43.3 Å². The van der Waals surface area contributed by atoms with Crippen LogP contribution < -0.4 is 10.5 Å². The van der Waals surface area contributed by atoms with Crippen molar-refractivity contribution in [1.29, 1.82) is 0 Å². The number of fused-ring (bicyclic) bond motifs is 2. The van der Waals surface area contributed by atoms with Gasteiger partial charge in [-0.2, -0.15) is 0 Å². The first-order valence-electron chi connectivity index (χ1n) is 10.7. The number of carbonyl (C=O) groups is 1. The minimum atomic E-state index is -0.773. The van der Waals surface area contributed by atoms with Gasteiger partial charge < -0.3 is 20.4 Å². The summed E-state index contributed by atoms with van der Waals surface area (Å²) in [6, 6.07) is 5.58. The average molecular weight is 446 g/mol. The minimum absolute atomic E-state index is 0.0967. The highest BCUT2D eigenvalue weighted by molar-refractivity contribution is 5.86. The van der Waals surface area contributed by atoms with Crippen LogP contribution in [0.3, 0.4) is 0 Å². The summed E-state index contributed by atoms with van der Waals surface area (Å²) < 4.78 is 20.7. The number of rotatable bonds is 5. The van der Waals surface area contributed by atoms with E-state index in [2.05, 4.69) is 19.9 Å². The third-order valence-electron chi connectivity index (χ3n) is 5.89. The summed E-state index contributed by atoms with van der Waals surface area (Å²) in [6.45, 7) is 2.92. The van der Waals surface area contributed by atoms with Crippen LogP contribution in [0, 0.1) is 12.7 Å². The number of nitrogens with two attached hydrogens (primary N) is 1. The summed E-state index contributed by atoms with van der Waals surface area (Å²) >= 11 is 0. The molecule has 0 radical (unpaired) electrons. The van der Waals surface area contributed by atoms with Gasteiger partial charge in [0.25, 0.3) is 0 Å². The SMILES string of the molecule is Cc1c[nH]c2nccc(Oc3ccc(C[C@H](N)C(=O)N4CCc5ncncc5C4)cc3F)c12. The van der Waals surface area contributed by atoms with Gasteiger partial charge in [-0.15, -0.1) is 0 Å². The Hall–Kier alpha value is -3.85. The smallest absolute Gasteiger partial charge is 0.240 e. The van der Waals surface area contributed by atoms with E-state index < -0.39 is 11.9 Å². The zero-order chi connectivity index (χ0) is 22.9. The lowest BCUT2D eigenvalue weighted by molar-refractivity contribution is -0.133. The van der Waals surface area contributed by atoms with Crippen molar-refractivity contribution in [3.63, 3.8) is 0 Å². The van der Waals surface area contributed by atoms with Crippen molar-refractivity contribution in [3.05, 3.63) is 77.4 Å². The average Bonchev–Trinajstić information content (AvgIpc) is 3.21. The molecule has 3 N–H and O–H groups in total. The van der Waals surface area contributed by atoms with Crippen molar-refractivity contribution in [3.8, 4) is 11.5 Å². The second-order valence-corrected chi connectivity index (χ2v) is 8.19. The van der Waals surface area contributed by atoms with Crippen LogP contribution in [0.4, 0.5) is 4.39 Å². The molecule has 0 aliphatic carbocycles. The van der Waals surface area contributed by atoms with Crippen LogP contribution in [0.15, 0.2) is 49.2 Å². The van der Waals surface area contributed by atoms with E-state index in [1.807, 2.05) is 13.1 Å². The highest BCUT2D eigenvalue weighted by Crippen LogP contribution is 2.32. The van der Waals surface area contributed by atoms with Crippen LogP contribution in [0.25, 0.3) is 11.0 Å². The maximum Gasteiger partial charge on any atom is 0.240 e. The molecule has 4 aromatic rings. The number of aryl methyl sites for hydroxylation is 1. The van der Waals surface area contributed by atoms with Crippen LogP contribution in [0.5, 0.6) is 11.5 Å². The van der Waals surface area contributed by atoms with E-state index in [1.165, 1.54) is 12.4 Å². The van der Waals surface area contributed by atoms with Gasteiger partial charge in [0, 0.05) is 43.7 Å². The molecule has 0 saturated carbocycles. The molecule has 8 nitrogen and oxygen atoms in total. The van der Waals surface area contributed by atoms with E-state index >= 15 is 0 Å². The van der Waals surface area contributed by atoms with Gasteiger partial charge in [-0.3, -0.25) is 4.79 Å². The van der Waals surface area contributed by atoms with Crippen molar-refractivity contribution in [2.24, 2.45) is 5.73 Å². The molecule has 1 aliphatic heterocycles. The summed E-state index contributed by atoms with van der Waals surface area (Å²) in [5.74, 6) is -0.0762.